The highest BCUT2D eigenvalue weighted by Gasteiger charge is 2.32. The number of carbonyl (C=O) groups excluding carboxylic acids is 2. The lowest BCUT2D eigenvalue weighted by atomic mass is 9.95. The van der Waals surface area contributed by atoms with Crippen LogP contribution < -0.4 is 10.6 Å². The number of nitrogens with one attached hydrogen (secondary N) is 2. The average Bonchev–Trinajstić information content (AvgIpc) is 3.18. The second-order valence-electron chi connectivity index (χ2n) is 7.59. The number of nitrogens with zero attached hydrogens (tertiary/aromatic N) is 3. The molecular weight excluding hydrogens is 398 g/mol. The van der Waals surface area contributed by atoms with E-state index in [1.165, 1.54) is 0 Å². The quantitative estimate of drug-likeness (QED) is 0.621. The van der Waals surface area contributed by atoms with Gasteiger partial charge in [0.1, 0.15) is 0 Å². The molecule has 0 bridgehead atoms. The number of hydrogen-bond donors (Lipinski definition) is 2. The summed E-state index contributed by atoms with van der Waals surface area (Å²) < 4.78 is 1.09. The van der Waals surface area contributed by atoms with Crippen molar-refractivity contribution in [3.8, 4) is 0 Å². The lowest BCUT2D eigenvalue weighted by Crippen LogP contribution is -2.44. The van der Waals surface area contributed by atoms with Crippen LogP contribution in [0.25, 0.3) is 10.2 Å². The first-order valence-corrected chi connectivity index (χ1v) is 10.9. The molecule has 8 heteroatoms. The molecule has 2 aromatic heterocycles. The highest BCUT2D eigenvalue weighted by molar-refractivity contribution is 7.22. The van der Waals surface area contributed by atoms with Gasteiger partial charge in [-0.15, -0.1) is 0 Å². The zero-order valence-corrected chi connectivity index (χ0v) is 18.2. The Kier molecular flexibility index (Phi) is 5.67. The third-order valence-electron chi connectivity index (χ3n) is 5.57. The Morgan fingerprint density at radius 3 is 2.80 bits per heavy atom. The normalized spacial score (nSPS) is 16.5. The molecule has 3 aromatic rings. The lowest BCUT2D eigenvalue weighted by molar-refractivity contribution is -0.145. The molecule has 30 heavy (non-hydrogen) atoms. The molecule has 2 amide bonds. The third-order valence-corrected chi connectivity index (χ3v) is 6.62. The largest absolute Gasteiger partial charge is 0.365 e. The molecule has 0 saturated carbocycles. The molecule has 0 unspecified atom stereocenters. The summed E-state index contributed by atoms with van der Waals surface area (Å²) in [5, 5.41) is 6.64. The van der Waals surface area contributed by atoms with Gasteiger partial charge in [0.05, 0.1) is 28.1 Å². The number of aryl methyl sites for hydroxylation is 2. The van der Waals surface area contributed by atoms with Crippen molar-refractivity contribution < 1.29 is 9.59 Å². The molecule has 1 fully saturated rings. The fraction of sp³-hybridized carbons (Fsp3) is 0.364. The van der Waals surface area contributed by atoms with E-state index in [-0.39, 0.29) is 6.04 Å². The maximum Gasteiger partial charge on any atom is 0.313 e. The van der Waals surface area contributed by atoms with Crippen LogP contribution in [0.3, 0.4) is 0 Å². The number of pyridine rings is 1. The molecule has 2 N–H and O–H groups in total. The van der Waals surface area contributed by atoms with Crippen LogP contribution in [0.2, 0.25) is 0 Å². The van der Waals surface area contributed by atoms with Crippen LogP contribution in [0.15, 0.2) is 30.5 Å². The molecule has 1 aliphatic rings. The van der Waals surface area contributed by atoms with Crippen molar-refractivity contribution in [2.24, 2.45) is 0 Å². The van der Waals surface area contributed by atoms with Crippen LogP contribution in [-0.2, 0) is 9.59 Å². The zero-order valence-electron chi connectivity index (χ0n) is 17.4. The fourth-order valence-electron chi connectivity index (χ4n) is 3.81. The number of amides is 2. The van der Waals surface area contributed by atoms with Crippen molar-refractivity contribution in [2.75, 3.05) is 24.2 Å². The summed E-state index contributed by atoms with van der Waals surface area (Å²) in [6, 6.07) is 7.83. The van der Waals surface area contributed by atoms with Gasteiger partial charge in [0.2, 0.25) is 0 Å². The first kappa shape index (κ1) is 20.3. The van der Waals surface area contributed by atoms with Crippen LogP contribution in [-0.4, -0.2) is 40.3 Å². The number of aromatic nitrogens is 2. The topological polar surface area (TPSA) is 87.2 Å². The number of thiazole rings is 1. The third kappa shape index (κ3) is 4.00. The summed E-state index contributed by atoms with van der Waals surface area (Å²) >= 11 is 1.60. The van der Waals surface area contributed by atoms with Gasteiger partial charge in [-0.05, 0) is 62.4 Å². The summed E-state index contributed by atoms with van der Waals surface area (Å²) in [5.41, 5.74) is 4.33. The number of rotatable bonds is 3. The Hall–Kier alpha value is -3.00. The van der Waals surface area contributed by atoms with Crippen LogP contribution in [0.5, 0.6) is 0 Å². The van der Waals surface area contributed by atoms with E-state index in [2.05, 4.69) is 20.6 Å². The smallest absolute Gasteiger partial charge is 0.313 e. The standard InChI is InChI=1S/C22H25N5O2S/c1-13-10-16(12-24-14(13)2)25-20(28)21(29)27-9-5-4-6-18(27)15-7-8-19-17(11-15)26-22(23-3)30-19/h7-8,10-12,18H,4-6,9H2,1-3H3,(H,23,26)(H,25,28)/t18-/m0/s1. The van der Waals surface area contributed by atoms with Gasteiger partial charge in [0, 0.05) is 19.3 Å². The van der Waals surface area contributed by atoms with E-state index in [0.717, 1.165) is 51.4 Å². The summed E-state index contributed by atoms with van der Waals surface area (Å²) in [6.07, 6.45) is 4.33. The Bertz CT molecular complexity index is 1110. The number of anilines is 2. The Morgan fingerprint density at radius 1 is 1.20 bits per heavy atom. The molecular formula is C22H25N5O2S. The maximum atomic E-state index is 13.0. The molecule has 0 spiro atoms. The number of benzene rings is 1. The first-order chi connectivity index (χ1) is 14.5. The molecule has 0 aliphatic carbocycles. The minimum atomic E-state index is -0.626. The Labute approximate surface area is 179 Å². The molecule has 1 saturated heterocycles. The summed E-state index contributed by atoms with van der Waals surface area (Å²) in [4.78, 5) is 36.2. The van der Waals surface area contributed by atoms with Crippen LogP contribution in [0.4, 0.5) is 10.8 Å². The number of carbonyl (C=O) groups is 2. The highest BCUT2D eigenvalue weighted by Crippen LogP contribution is 2.34. The van der Waals surface area contributed by atoms with Gasteiger partial charge >= 0.3 is 11.8 Å². The minimum absolute atomic E-state index is 0.126. The number of piperidine rings is 1. The number of fused-ring (bicyclic) bond motifs is 1. The van der Waals surface area contributed by atoms with Crippen LogP contribution in [0.1, 0.15) is 42.1 Å². The molecule has 7 nitrogen and oxygen atoms in total. The van der Waals surface area contributed by atoms with Crippen molar-refractivity contribution in [3.63, 3.8) is 0 Å². The van der Waals surface area contributed by atoms with Gasteiger partial charge in [0.25, 0.3) is 0 Å². The van der Waals surface area contributed by atoms with E-state index in [4.69, 9.17) is 0 Å². The molecule has 1 atom stereocenters. The number of likely N-dealkylation sites (tertiary alicyclic amines) is 1. The molecule has 3 heterocycles. The van der Waals surface area contributed by atoms with E-state index in [1.807, 2.05) is 45.2 Å². The van der Waals surface area contributed by atoms with Gasteiger partial charge < -0.3 is 15.5 Å². The predicted octanol–water partition coefficient (Wildman–Crippen LogP) is 4.04. The molecule has 1 aromatic carbocycles. The average molecular weight is 424 g/mol. The Balaban J connectivity index is 1.55. The molecule has 156 valence electrons. The van der Waals surface area contributed by atoms with Gasteiger partial charge in [0.15, 0.2) is 5.13 Å². The van der Waals surface area contributed by atoms with E-state index < -0.39 is 11.8 Å². The SMILES string of the molecule is CNc1nc2cc([C@@H]3CCCCN3C(=O)C(=O)Nc3cnc(C)c(C)c3)ccc2s1. The van der Waals surface area contributed by atoms with E-state index in [1.54, 1.807) is 22.4 Å². The van der Waals surface area contributed by atoms with Crippen LogP contribution in [0, 0.1) is 13.8 Å². The summed E-state index contributed by atoms with van der Waals surface area (Å²) in [6.45, 7) is 4.40. The lowest BCUT2D eigenvalue weighted by Gasteiger charge is -2.35. The highest BCUT2D eigenvalue weighted by atomic mass is 32.1. The van der Waals surface area contributed by atoms with Crippen molar-refractivity contribution in [2.45, 2.75) is 39.2 Å². The molecule has 4 rings (SSSR count). The van der Waals surface area contributed by atoms with E-state index in [0.29, 0.717) is 12.2 Å². The van der Waals surface area contributed by atoms with E-state index >= 15 is 0 Å². The molecule has 1 aliphatic heterocycles. The van der Waals surface area contributed by atoms with Gasteiger partial charge in [-0.25, -0.2) is 4.98 Å². The first-order valence-electron chi connectivity index (χ1n) is 10.1. The monoisotopic (exact) mass is 423 g/mol. The second kappa shape index (κ2) is 8.39. The maximum absolute atomic E-state index is 13.0. The minimum Gasteiger partial charge on any atom is -0.365 e. The van der Waals surface area contributed by atoms with Crippen molar-refractivity contribution in [1.29, 1.82) is 0 Å². The van der Waals surface area contributed by atoms with Crippen LogP contribution >= 0.6 is 11.3 Å². The van der Waals surface area contributed by atoms with Crippen molar-refractivity contribution >= 4 is 44.2 Å². The Morgan fingerprint density at radius 2 is 2.03 bits per heavy atom. The van der Waals surface area contributed by atoms with Gasteiger partial charge in [-0.3, -0.25) is 14.6 Å². The summed E-state index contributed by atoms with van der Waals surface area (Å²) in [7, 11) is 1.85. The molecule has 0 radical (unpaired) electrons. The zero-order chi connectivity index (χ0) is 21.3. The van der Waals surface area contributed by atoms with Crippen molar-refractivity contribution in [3.05, 3.63) is 47.3 Å². The van der Waals surface area contributed by atoms with Gasteiger partial charge in [-0.2, -0.15) is 0 Å². The fourth-order valence-corrected chi connectivity index (χ4v) is 4.61. The predicted molar refractivity (Wildman–Crippen MR) is 120 cm³/mol. The number of hydrogen-bond acceptors (Lipinski definition) is 6. The summed E-state index contributed by atoms with van der Waals surface area (Å²) in [5.74, 6) is -1.13. The van der Waals surface area contributed by atoms with Crippen molar-refractivity contribution in [1.82, 2.24) is 14.9 Å². The van der Waals surface area contributed by atoms with E-state index in [9.17, 15) is 9.59 Å². The second-order valence-corrected chi connectivity index (χ2v) is 8.62. The van der Waals surface area contributed by atoms with Gasteiger partial charge in [-0.1, -0.05) is 17.4 Å².